The Morgan fingerprint density at radius 1 is 1.00 bits per heavy atom. The second-order valence-corrected chi connectivity index (χ2v) is 5.52. The average molecular weight is 264 g/mol. The molecule has 0 aromatic rings. The Labute approximate surface area is 117 Å². The van der Waals surface area contributed by atoms with Gasteiger partial charge < -0.3 is 9.90 Å². The molecular weight excluding hydrogens is 224 g/mol. The molecule has 0 rings (SSSR count). The van der Waals surface area contributed by atoms with Gasteiger partial charge in [-0.25, -0.2) is 0 Å². The number of rotatable bonds is 0. The highest BCUT2D eigenvalue weighted by atomic mass is 16.3. The molecule has 2 heteroatoms. The van der Waals surface area contributed by atoms with Crippen molar-refractivity contribution in [2.75, 3.05) is 0 Å². The molecule has 0 amide bonds. The summed E-state index contributed by atoms with van der Waals surface area (Å²) >= 11 is 0. The second kappa shape index (κ2) is 25.5. The fourth-order valence-corrected chi connectivity index (χ4v) is 0. The molecule has 0 saturated carbocycles. The van der Waals surface area contributed by atoms with Crippen molar-refractivity contribution in [2.45, 2.75) is 95.1 Å². The van der Waals surface area contributed by atoms with E-state index < -0.39 is 5.60 Å². The summed E-state index contributed by atoms with van der Waals surface area (Å²) < 4.78 is 0. The van der Waals surface area contributed by atoms with Gasteiger partial charge in [-0.05, 0) is 40.5 Å². The molecule has 2 nitrogen and oxygen atoms in total. The van der Waals surface area contributed by atoms with Crippen LogP contribution in [0.4, 0.5) is 0 Å². The maximum absolute atomic E-state index is 9.44. The number of aliphatic hydroxyl groups is 1. The molecule has 116 valence electrons. The fourth-order valence-electron chi connectivity index (χ4n) is 0. The van der Waals surface area contributed by atoms with E-state index in [9.17, 15) is 4.79 Å². The summed E-state index contributed by atoms with van der Waals surface area (Å²) in [6, 6.07) is 0. The normalized spacial score (nSPS) is 8.11. The molecule has 1 N–H and O–H groups in total. The van der Waals surface area contributed by atoms with Crippen LogP contribution in [-0.4, -0.2) is 16.5 Å². The van der Waals surface area contributed by atoms with Crippen LogP contribution in [0, 0.1) is 5.92 Å². The summed E-state index contributed by atoms with van der Waals surface area (Å²) in [7, 11) is 0. The number of hydrogen-bond donors (Lipinski definition) is 1. The number of Topliss-reactive ketones (excluding diaryl/α,β-unsaturated/α-hetero) is 1. The predicted molar refractivity (Wildman–Crippen MR) is 86.2 cm³/mol. The van der Waals surface area contributed by atoms with E-state index in [1.165, 1.54) is 20.3 Å². The molecule has 0 fully saturated rings. The Hall–Kier alpha value is -0.370. The van der Waals surface area contributed by atoms with Crippen LogP contribution in [0.25, 0.3) is 0 Å². The summed E-state index contributed by atoms with van der Waals surface area (Å²) in [5, 5.41) is 8.52. The molecule has 0 heterocycles. The minimum absolute atomic E-state index is 0.167. The van der Waals surface area contributed by atoms with Crippen LogP contribution >= 0.6 is 0 Å². The van der Waals surface area contributed by atoms with Crippen LogP contribution in [0.2, 0.25) is 0 Å². The fraction of sp³-hybridized carbons (Fsp3) is 0.938. The zero-order valence-electron chi connectivity index (χ0n) is 15.1. The van der Waals surface area contributed by atoms with Gasteiger partial charge in [0.25, 0.3) is 0 Å². The lowest BCUT2D eigenvalue weighted by atomic mass is 10.2. The lowest BCUT2D eigenvalue weighted by Crippen LogP contribution is -2.10. The summed E-state index contributed by atoms with van der Waals surface area (Å²) in [6.45, 7) is 23.0. The highest BCUT2D eigenvalue weighted by molar-refractivity contribution is 5.72. The minimum Gasteiger partial charge on any atom is -0.391 e. The molecule has 0 aromatic carbocycles. The second-order valence-electron chi connectivity index (χ2n) is 5.52. The van der Waals surface area contributed by atoms with Crippen molar-refractivity contribution in [3.05, 3.63) is 0 Å². The van der Waals surface area contributed by atoms with Crippen LogP contribution in [0.3, 0.4) is 0 Å². The van der Waals surface area contributed by atoms with E-state index in [0.717, 1.165) is 5.92 Å². The maximum Gasteiger partial charge on any atom is 0.126 e. The van der Waals surface area contributed by atoms with E-state index in [4.69, 9.17) is 5.11 Å². The lowest BCUT2D eigenvalue weighted by molar-refractivity contribution is -0.114. The minimum atomic E-state index is -0.500. The van der Waals surface area contributed by atoms with Gasteiger partial charge in [-0.1, -0.05) is 54.9 Å². The van der Waals surface area contributed by atoms with Crippen molar-refractivity contribution in [1.82, 2.24) is 0 Å². The average Bonchev–Trinajstić information content (AvgIpc) is 2.02. The molecule has 0 aliphatic heterocycles. The van der Waals surface area contributed by atoms with Crippen molar-refractivity contribution < 1.29 is 9.90 Å². The first-order valence-corrected chi connectivity index (χ1v) is 7.07. The molecular formula is C16H40O2. The number of ketones is 1. The van der Waals surface area contributed by atoms with E-state index in [0.29, 0.717) is 0 Å². The van der Waals surface area contributed by atoms with Crippen molar-refractivity contribution in [3.63, 3.8) is 0 Å². The summed E-state index contributed by atoms with van der Waals surface area (Å²) in [4.78, 5) is 9.44. The quantitative estimate of drug-likeness (QED) is 0.629. The molecule has 0 aliphatic rings. The zero-order valence-corrected chi connectivity index (χ0v) is 15.1. The van der Waals surface area contributed by atoms with E-state index in [1.54, 1.807) is 20.8 Å². The van der Waals surface area contributed by atoms with Gasteiger partial charge in [-0.2, -0.15) is 0 Å². The maximum atomic E-state index is 9.44. The third-order valence-corrected chi connectivity index (χ3v) is 0. The molecule has 0 spiro atoms. The molecule has 0 aliphatic carbocycles. The predicted octanol–water partition coefficient (Wildman–Crippen LogP) is 5.48. The van der Waals surface area contributed by atoms with E-state index >= 15 is 0 Å². The van der Waals surface area contributed by atoms with Crippen LogP contribution in [-0.2, 0) is 4.79 Å². The Bertz CT molecular complexity index is 109. The third kappa shape index (κ3) is 24400. The highest BCUT2D eigenvalue weighted by Gasteiger charge is 1.97. The molecule has 0 aromatic heterocycles. The topological polar surface area (TPSA) is 37.3 Å². The molecule has 18 heavy (non-hydrogen) atoms. The first-order valence-electron chi connectivity index (χ1n) is 7.07. The number of hydrogen-bond acceptors (Lipinski definition) is 2. The highest BCUT2D eigenvalue weighted by Crippen LogP contribution is 1.93. The van der Waals surface area contributed by atoms with E-state index in [2.05, 4.69) is 34.6 Å². The van der Waals surface area contributed by atoms with Gasteiger partial charge in [0.15, 0.2) is 0 Å². The molecule has 0 radical (unpaired) electrons. The van der Waals surface area contributed by atoms with Gasteiger partial charge in [0, 0.05) is 0 Å². The lowest BCUT2D eigenvalue weighted by Gasteiger charge is -2.04. The van der Waals surface area contributed by atoms with Crippen LogP contribution in [0.5, 0.6) is 0 Å². The Morgan fingerprint density at radius 2 is 1.00 bits per heavy atom. The van der Waals surface area contributed by atoms with Crippen molar-refractivity contribution in [1.29, 1.82) is 0 Å². The zero-order chi connectivity index (χ0) is 16.4. The number of carbonyl (C=O) groups excluding carboxylic acids is 1. The summed E-state index contributed by atoms with van der Waals surface area (Å²) in [6.07, 6.45) is 1.25. The van der Waals surface area contributed by atoms with Crippen LogP contribution in [0.1, 0.15) is 89.5 Å². The smallest absolute Gasteiger partial charge is 0.126 e. The standard InChI is InChI=1S/C4H10O.C4H10.C3H6O.C3H8.C2H6/c1-4(2,3)5;1-4(2)3;1-3(2)4;1-3-2;1-2/h5H,1-3H3;4H,1-3H3;1-2H3;3H2,1-2H3;1-2H3. The summed E-state index contributed by atoms with van der Waals surface area (Å²) in [5.41, 5.74) is -0.500. The molecule has 0 bridgehead atoms. The van der Waals surface area contributed by atoms with Gasteiger partial charge >= 0.3 is 0 Å². The van der Waals surface area contributed by atoms with Crippen LogP contribution in [0.15, 0.2) is 0 Å². The Morgan fingerprint density at radius 3 is 1.00 bits per heavy atom. The first-order chi connectivity index (χ1) is 7.88. The monoisotopic (exact) mass is 264 g/mol. The number of carbonyl (C=O) groups is 1. The van der Waals surface area contributed by atoms with Gasteiger partial charge in [-0.3, -0.25) is 0 Å². The van der Waals surface area contributed by atoms with E-state index in [-0.39, 0.29) is 5.78 Å². The van der Waals surface area contributed by atoms with Crippen molar-refractivity contribution in [3.8, 4) is 0 Å². The van der Waals surface area contributed by atoms with Gasteiger partial charge in [-0.15, -0.1) is 0 Å². The van der Waals surface area contributed by atoms with E-state index in [1.807, 2.05) is 13.8 Å². The first kappa shape index (κ1) is 30.6. The van der Waals surface area contributed by atoms with Gasteiger partial charge in [0.05, 0.1) is 5.60 Å². The third-order valence-electron chi connectivity index (χ3n) is 0. The largest absolute Gasteiger partial charge is 0.391 e. The molecule has 0 saturated heterocycles. The Kier molecular flexibility index (Phi) is 43.2. The van der Waals surface area contributed by atoms with Crippen LogP contribution < -0.4 is 0 Å². The van der Waals surface area contributed by atoms with Gasteiger partial charge in [0.2, 0.25) is 0 Å². The van der Waals surface area contributed by atoms with Crippen molar-refractivity contribution >= 4 is 5.78 Å². The SMILES string of the molecule is CC.CC(C)(C)O.CC(C)=O.CC(C)C.CCC. The van der Waals surface area contributed by atoms with Crippen molar-refractivity contribution in [2.24, 2.45) is 5.92 Å². The molecule has 0 unspecified atom stereocenters. The summed E-state index contributed by atoms with van der Waals surface area (Å²) in [5.74, 6) is 1.00. The Balaban J connectivity index is -0.0000000404. The molecule has 0 atom stereocenters. The van der Waals surface area contributed by atoms with Gasteiger partial charge in [0.1, 0.15) is 5.78 Å².